The third-order valence-corrected chi connectivity index (χ3v) is 3.39. The third-order valence-electron chi connectivity index (χ3n) is 3.39. The lowest BCUT2D eigenvalue weighted by molar-refractivity contribution is 0.0937. The van der Waals surface area contributed by atoms with Gasteiger partial charge in [0.2, 0.25) is 5.56 Å². The molecule has 1 fully saturated rings. The van der Waals surface area contributed by atoms with Crippen LogP contribution in [0.4, 0.5) is 0 Å². The Balaban J connectivity index is 1.86. The van der Waals surface area contributed by atoms with Crippen molar-refractivity contribution in [1.82, 2.24) is 10.3 Å². The Hall–Kier alpha value is -1.62. The van der Waals surface area contributed by atoms with Crippen molar-refractivity contribution >= 4 is 5.91 Å². The molecule has 0 radical (unpaired) electrons. The summed E-state index contributed by atoms with van der Waals surface area (Å²) < 4.78 is 0. The van der Waals surface area contributed by atoms with Crippen LogP contribution in [-0.4, -0.2) is 23.5 Å². The number of nitrogens with one attached hydrogen (secondary N) is 2. The Morgan fingerprint density at radius 1 is 1.44 bits per heavy atom. The molecule has 18 heavy (non-hydrogen) atoms. The summed E-state index contributed by atoms with van der Waals surface area (Å²) in [5, 5.41) is 2.85. The van der Waals surface area contributed by atoms with Crippen molar-refractivity contribution < 1.29 is 4.79 Å². The van der Waals surface area contributed by atoms with Crippen LogP contribution in [0.15, 0.2) is 23.0 Å². The molecule has 1 saturated carbocycles. The van der Waals surface area contributed by atoms with Crippen molar-refractivity contribution in [2.24, 2.45) is 11.7 Å². The minimum absolute atomic E-state index is 0.230. The van der Waals surface area contributed by atoms with Gasteiger partial charge in [-0.05, 0) is 31.2 Å². The van der Waals surface area contributed by atoms with Crippen LogP contribution in [0.1, 0.15) is 36.2 Å². The average Bonchev–Trinajstić information content (AvgIpc) is 2.36. The lowest BCUT2D eigenvalue weighted by Gasteiger charge is -2.26. The van der Waals surface area contributed by atoms with E-state index in [9.17, 15) is 9.59 Å². The topological polar surface area (TPSA) is 88.0 Å². The molecule has 2 unspecified atom stereocenters. The summed E-state index contributed by atoms with van der Waals surface area (Å²) in [6.45, 7) is 0.628. The number of aromatic nitrogens is 1. The summed E-state index contributed by atoms with van der Waals surface area (Å²) in [5.74, 6) is 0.222. The maximum atomic E-state index is 11.8. The maximum Gasteiger partial charge on any atom is 0.267 e. The summed E-state index contributed by atoms with van der Waals surface area (Å²) in [6, 6.07) is 4.82. The molecule has 0 aliphatic heterocycles. The van der Waals surface area contributed by atoms with E-state index in [0.717, 1.165) is 25.7 Å². The highest BCUT2D eigenvalue weighted by Gasteiger charge is 2.19. The Kier molecular flexibility index (Phi) is 4.15. The standard InChI is InChI=1S/C13H19N3O2/c14-10-4-1-3-9(7-10)8-15-13(18)11-5-2-6-12(17)16-11/h2,5-6,9-10H,1,3-4,7-8,14H2,(H,15,18)(H,16,17). The summed E-state index contributed by atoms with van der Waals surface area (Å²) in [4.78, 5) is 25.4. The number of carbonyl (C=O) groups is 1. The van der Waals surface area contributed by atoms with Crippen LogP contribution < -0.4 is 16.6 Å². The third kappa shape index (κ3) is 3.43. The second kappa shape index (κ2) is 5.82. The summed E-state index contributed by atoms with van der Waals surface area (Å²) in [7, 11) is 0. The predicted octanol–water partition coefficient (Wildman–Crippen LogP) is 0.622. The van der Waals surface area contributed by atoms with Crippen LogP contribution in [0, 0.1) is 5.92 Å². The first kappa shape index (κ1) is 12.8. The number of amides is 1. The van der Waals surface area contributed by atoms with Gasteiger partial charge in [-0.25, -0.2) is 0 Å². The number of rotatable bonds is 3. The van der Waals surface area contributed by atoms with Gasteiger partial charge in [-0.3, -0.25) is 9.59 Å². The molecule has 2 atom stereocenters. The van der Waals surface area contributed by atoms with E-state index in [1.807, 2.05) is 0 Å². The lowest BCUT2D eigenvalue weighted by atomic mass is 9.86. The molecule has 1 aromatic heterocycles. The van der Waals surface area contributed by atoms with Crippen molar-refractivity contribution in [3.05, 3.63) is 34.2 Å². The number of aromatic amines is 1. The van der Waals surface area contributed by atoms with Crippen molar-refractivity contribution in [3.8, 4) is 0 Å². The first-order chi connectivity index (χ1) is 8.65. The van der Waals surface area contributed by atoms with Crippen molar-refractivity contribution in [3.63, 3.8) is 0 Å². The Morgan fingerprint density at radius 2 is 2.28 bits per heavy atom. The second-order valence-electron chi connectivity index (χ2n) is 4.93. The Labute approximate surface area is 106 Å². The maximum absolute atomic E-state index is 11.8. The average molecular weight is 249 g/mol. The fraction of sp³-hybridized carbons (Fsp3) is 0.538. The summed E-state index contributed by atoms with van der Waals surface area (Å²) in [5.41, 5.74) is 5.95. The van der Waals surface area contributed by atoms with Gasteiger partial charge in [0.05, 0.1) is 0 Å². The van der Waals surface area contributed by atoms with Gasteiger partial charge in [0, 0.05) is 18.7 Å². The molecule has 5 nitrogen and oxygen atoms in total. The van der Waals surface area contributed by atoms with Crippen LogP contribution in [0.25, 0.3) is 0 Å². The van der Waals surface area contributed by atoms with E-state index < -0.39 is 0 Å². The predicted molar refractivity (Wildman–Crippen MR) is 69.3 cm³/mol. The van der Waals surface area contributed by atoms with Crippen molar-refractivity contribution in [1.29, 1.82) is 0 Å². The molecule has 1 aliphatic rings. The molecule has 0 aromatic carbocycles. The number of hydrogen-bond donors (Lipinski definition) is 3. The van der Waals surface area contributed by atoms with Gasteiger partial charge >= 0.3 is 0 Å². The molecule has 0 bridgehead atoms. The Bertz CT molecular complexity index is 469. The molecule has 1 aliphatic carbocycles. The zero-order valence-electron chi connectivity index (χ0n) is 10.3. The molecule has 2 rings (SSSR count). The lowest BCUT2D eigenvalue weighted by Crippen LogP contribution is -2.36. The molecule has 1 aromatic rings. The molecule has 1 heterocycles. The highest BCUT2D eigenvalue weighted by Crippen LogP contribution is 2.22. The highest BCUT2D eigenvalue weighted by molar-refractivity contribution is 5.92. The SMILES string of the molecule is NC1CCCC(CNC(=O)c2cccc(=O)[nH]2)C1. The largest absolute Gasteiger partial charge is 0.350 e. The van der Waals surface area contributed by atoms with E-state index in [4.69, 9.17) is 5.73 Å². The molecule has 4 N–H and O–H groups in total. The highest BCUT2D eigenvalue weighted by atomic mass is 16.2. The minimum atomic E-state index is -0.262. The van der Waals surface area contributed by atoms with E-state index in [0.29, 0.717) is 18.2 Å². The molecule has 1 amide bonds. The van der Waals surface area contributed by atoms with Crippen molar-refractivity contribution in [2.45, 2.75) is 31.7 Å². The number of nitrogens with two attached hydrogens (primary N) is 1. The van der Waals surface area contributed by atoms with Gasteiger partial charge in [0.15, 0.2) is 0 Å². The van der Waals surface area contributed by atoms with Gasteiger partial charge in [-0.15, -0.1) is 0 Å². The summed E-state index contributed by atoms with van der Waals surface area (Å²) in [6.07, 6.45) is 4.28. The van der Waals surface area contributed by atoms with E-state index >= 15 is 0 Å². The van der Waals surface area contributed by atoms with Crippen LogP contribution in [0.5, 0.6) is 0 Å². The first-order valence-corrected chi connectivity index (χ1v) is 6.38. The number of H-pyrrole nitrogens is 1. The fourth-order valence-corrected chi connectivity index (χ4v) is 2.43. The van der Waals surface area contributed by atoms with Gasteiger partial charge in [0.25, 0.3) is 5.91 Å². The van der Waals surface area contributed by atoms with E-state index in [1.165, 1.54) is 6.07 Å². The number of pyridine rings is 1. The molecule has 98 valence electrons. The smallest absolute Gasteiger partial charge is 0.267 e. The molecule has 0 saturated heterocycles. The van der Waals surface area contributed by atoms with Crippen LogP contribution in [-0.2, 0) is 0 Å². The first-order valence-electron chi connectivity index (χ1n) is 6.38. The quantitative estimate of drug-likeness (QED) is 0.734. The number of hydrogen-bond acceptors (Lipinski definition) is 3. The zero-order chi connectivity index (χ0) is 13.0. The van der Waals surface area contributed by atoms with Gasteiger partial charge in [-0.1, -0.05) is 12.5 Å². The molecular weight excluding hydrogens is 230 g/mol. The van der Waals surface area contributed by atoms with Gasteiger partial charge in [0.1, 0.15) is 5.69 Å². The summed E-state index contributed by atoms with van der Waals surface area (Å²) >= 11 is 0. The normalized spacial score (nSPS) is 23.6. The minimum Gasteiger partial charge on any atom is -0.350 e. The Morgan fingerprint density at radius 3 is 3.00 bits per heavy atom. The fourth-order valence-electron chi connectivity index (χ4n) is 2.43. The van der Waals surface area contributed by atoms with E-state index in [1.54, 1.807) is 12.1 Å². The van der Waals surface area contributed by atoms with Gasteiger partial charge in [-0.2, -0.15) is 0 Å². The zero-order valence-corrected chi connectivity index (χ0v) is 10.3. The van der Waals surface area contributed by atoms with Gasteiger partial charge < -0.3 is 16.0 Å². The monoisotopic (exact) mass is 249 g/mol. The molecular formula is C13H19N3O2. The van der Waals surface area contributed by atoms with E-state index in [-0.39, 0.29) is 17.5 Å². The van der Waals surface area contributed by atoms with E-state index in [2.05, 4.69) is 10.3 Å². The van der Waals surface area contributed by atoms with Crippen LogP contribution in [0.2, 0.25) is 0 Å². The van der Waals surface area contributed by atoms with Crippen molar-refractivity contribution in [2.75, 3.05) is 6.54 Å². The number of carbonyl (C=O) groups excluding carboxylic acids is 1. The molecule has 0 spiro atoms. The van der Waals surface area contributed by atoms with Crippen LogP contribution in [0.3, 0.4) is 0 Å². The second-order valence-corrected chi connectivity index (χ2v) is 4.93. The molecule has 5 heteroatoms. The van der Waals surface area contributed by atoms with Crippen LogP contribution >= 0.6 is 0 Å².